The second-order valence-electron chi connectivity index (χ2n) is 4.87. The van der Waals surface area contributed by atoms with Gasteiger partial charge in [-0.2, -0.15) is 0 Å². The maximum absolute atomic E-state index is 11.1. The summed E-state index contributed by atoms with van der Waals surface area (Å²) in [7, 11) is 1.66. The molecular formula is C17H16N2O2. The van der Waals surface area contributed by atoms with Crippen LogP contribution in [0.4, 0.5) is 0 Å². The van der Waals surface area contributed by atoms with Gasteiger partial charge in [0, 0.05) is 29.9 Å². The van der Waals surface area contributed by atoms with Crippen LogP contribution in [0.3, 0.4) is 0 Å². The topological polar surface area (TPSA) is 44.1 Å². The number of ether oxygens (including phenoxy) is 1. The van der Waals surface area contributed by atoms with Gasteiger partial charge in [0.2, 0.25) is 0 Å². The Morgan fingerprint density at radius 3 is 2.76 bits per heavy atom. The lowest BCUT2D eigenvalue weighted by atomic mass is 10.1. The van der Waals surface area contributed by atoms with Crippen molar-refractivity contribution in [3.05, 3.63) is 59.9 Å². The molecule has 0 radical (unpaired) electrons. The first kappa shape index (κ1) is 13.4. The standard InChI is InChI=1S/C17H16N2O2/c1-21-15-6-4-13(5-7-15)8-10-19-11-14(12-20)16-3-2-9-18-17(16)19/h2-7,9,11-12H,8,10H2,1H3. The van der Waals surface area contributed by atoms with Crippen LogP contribution in [0, 0.1) is 0 Å². The fraction of sp³-hybridized carbons (Fsp3) is 0.176. The summed E-state index contributed by atoms with van der Waals surface area (Å²) in [5.74, 6) is 0.857. The van der Waals surface area contributed by atoms with E-state index < -0.39 is 0 Å². The SMILES string of the molecule is COc1ccc(CCn2cc(C=O)c3cccnc32)cc1. The van der Waals surface area contributed by atoms with E-state index in [4.69, 9.17) is 4.74 Å². The molecule has 0 aliphatic carbocycles. The van der Waals surface area contributed by atoms with Crippen molar-refractivity contribution in [3.8, 4) is 5.75 Å². The van der Waals surface area contributed by atoms with Crippen molar-refractivity contribution in [3.63, 3.8) is 0 Å². The van der Waals surface area contributed by atoms with Gasteiger partial charge < -0.3 is 9.30 Å². The number of carbonyl (C=O) groups excluding carboxylic acids is 1. The molecule has 0 bridgehead atoms. The van der Waals surface area contributed by atoms with Gasteiger partial charge in [0.15, 0.2) is 6.29 Å². The molecule has 106 valence electrons. The minimum absolute atomic E-state index is 0.688. The van der Waals surface area contributed by atoms with E-state index in [1.807, 2.05) is 35.0 Å². The summed E-state index contributed by atoms with van der Waals surface area (Å²) in [6, 6.07) is 11.8. The second-order valence-corrected chi connectivity index (χ2v) is 4.87. The van der Waals surface area contributed by atoms with E-state index in [1.54, 1.807) is 13.3 Å². The zero-order valence-electron chi connectivity index (χ0n) is 11.8. The van der Waals surface area contributed by atoms with Crippen LogP contribution >= 0.6 is 0 Å². The molecule has 21 heavy (non-hydrogen) atoms. The van der Waals surface area contributed by atoms with E-state index in [2.05, 4.69) is 17.1 Å². The molecule has 2 heterocycles. The highest BCUT2D eigenvalue weighted by Gasteiger charge is 2.08. The number of fused-ring (bicyclic) bond motifs is 1. The number of hydrogen-bond donors (Lipinski definition) is 0. The smallest absolute Gasteiger partial charge is 0.152 e. The van der Waals surface area contributed by atoms with E-state index in [9.17, 15) is 4.79 Å². The Bertz CT molecular complexity index is 760. The van der Waals surface area contributed by atoms with Crippen LogP contribution < -0.4 is 4.74 Å². The zero-order valence-corrected chi connectivity index (χ0v) is 11.8. The highest BCUT2D eigenvalue weighted by Crippen LogP contribution is 2.19. The first-order valence-electron chi connectivity index (χ1n) is 6.84. The molecule has 0 unspecified atom stereocenters. The van der Waals surface area contributed by atoms with E-state index in [0.717, 1.165) is 36.0 Å². The molecular weight excluding hydrogens is 264 g/mol. The number of benzene rings is 1. The fourth-order valence-electron chi connectivity index (χ4n) is 2.46. The number of hydrogen-bond acceptors (Lipinski definition) is 3. The molecule has 4 heteroatoms. The fourth-order valence-corrected chi connectivity index (χ4v) is 2.46. The predicted octanol–water partition coefficient (Wildman–Crippen LogP) is 3.10. The van der Waals surface area contributed by atoms with Gasteiger partial charge >= 0.3 is 0 Å². The number of aryl methyl sites for hydroxylation is 2. The highest BCUT2D eigenvalue weighted by atomic mass is 16.5. The lowest BCUT2D eigenvalue weighted by molar-refractivity contribution is 0.112. The van der Waals surface area contributed by atoms with E-state index in [0.29, 0.717) is 5.56 Å². The molecule has 0 N–H and O–H groups in total. The van der Waals surface area contributed by atoms with Crippen LogP contribution in [0.5, 0.6) is 5.75 Å². The van der Waals surface area contributed by atoms with E-state index >= 15 is 0 Å². The van der Waals surface area contributed by atoms with Crippen LogP contribution in [0.25, 0.3) is 11.0 Å². The maximum Gasteiger partial charge on any atom is 0.152 e. The lowest BCUT2D eigenvalue weighted by Gasteiger charge is -2.06. The van der Waals surface area contributed by atoms with Crippen molar-refractivity contribution in [1.82, 2.24) is 9.55 Å². The third-order valence-corrected chi connectivity index (χ3v) is 3.59. The van der Waals surface area contributed by atoms with Gasteiger partial charge in [-0.3, -0.25) is 4.79 Å². The minimum Gasteiger partial charge on any atom is -0.497 e. The molecule has 0 aliphatic rings. The van der Waals surface area contributed by atoms with Gasteiger partial charge in [-0.1, -0.05) is 12.1 Å². The Kier molecular flexibility index (Phi) is 3.69. The summed E-state index contributed by atoms with van der Waals surface area (Å²) < 4.78 is 7.18. The number of rotatable bonds is 5. The van der Waals surface area contributed by atoms with Crippen LogP contribution in [0.1, 0.15) is 15.9 Å². The molecule has 0 atom stereocenters. The van der Waals surface area contributed by atoms with Gasteiger partial charge in [-0.15, -0.1) is 0 Å². The summed E-state index contributed by atoms with van der Waals surface area (Å²) in [6.07, 6.45) is 5.38. The predicted molar refractivity (Wildman–Crippen MR) is 81.8 cm³/mol. The number of aldehydes is 1. The van der Waals surface area contributed by atoms with Crippen LogP contribution in [0.2, 0.25) is 0 Å². The molecule has 0 aliphatic heterocycles. The summed E-state index contributed by atoms with van der Waals surface area (Å²) in [4.78, 5) is 15.5. The first-order valence-corrected chi connectivity index (χ1v) is 6.84. The quantitative estimate of drug-likeness (QED) is 0.674. The van der Waals surface area contributed by atoms with Gasteiger partial charge in [0.1, 0.15) is 11.4 Å². The molecule has 3 aromatic rings. The Hall–Kier alpha value is -2.62. The van der Waals surface area contributed by atoms with Crippen molar-refractivity contribution in [2.45, 2.75) is 13.0 Å². The molecule has 0 saturated carbocycles. The summed E-state index contributed by atoms with van der Waals surface area (Å²) in [5.41, 5.74) is 2.77. The van der Waals surface area contributed by atoms with Crippen molar-refractivity contribution >= 4 is 17.3 Å². The third kappa shape index (κ3) is 2.65. The summed E-state index contributed by atoms with van der Waals surface area (Å²) in [6.45, 7) is 0.785. The Labute approximate surface area is 123 Å². The first-order chi connectivity index (χ1) is 10.3. The van der Waals surface area contributed by atoms with Crippen molar-refractivity contribution in [2.24, 2.45) is 0 Å². The van der Waals surface area contributed by atoms with E-state index in [1.165, 1.54) is 5.56 Å². The third-order valence-electron chi connectivity index (χ3n) is 3.59. The van der Waals surface area contributed by atoms with Gasteiger partial charge in [0.05, 0.1) is 7.11 Å². The van der Waals surface area contributed by atoms with Gasteiger partial charge in [-0.05, 0) is 36.2 Å². The Balaban J connectivity index is 1.83. The number of carbonyl (C=O) groups is 1. The average molecular weight is 280 g/mol. The van der Waals surface area contributed by atoms with Crippen molar-refractivity contribution in [2.75, 3.05) is 7.11 Å². The maximum atomic E-state index is 11.1. The summed E-state index contributed by atoms with van der Waals surface area (Å²) >= 11 is 0. The number of pyridine rings is 1. The highest BCUT2D eigenvalue weighted by molar-refractivity contribution is 5.95. The number of methoxy groups -OCH3 is 1. The van der Waals surface area contributed by atoms with Crippen molar-refractivity contribution < 1.29 is 9.53 Å². The second kappa shape index (κ2) is 5.79. The Morgan fingerprint density at radius 1 is 1.24 bits per heavy atom. The molecule has 2 aromatic heterocycles. The monoisotopic (exact) mass is 280 g/mol. The lowest BCUT2D eigenvalue weighted by Crippen LogP contribution is -2.00. The van der Waals surface area contributed by atoms with Crippen LogP contribution in [-0.2, 0) is 13.0 Å². The van der Waals surface area contributed by atoms with Gasteiger partial charge in [0.25, 0.3) is 0 Å². The van der Waals surface area contributed by atoms with Crippen molar-refractivity contribution in [1.29, 1.82) is 0 Å². The largest absolute Gasteiger partial charge is 0.497 e. The zero-order chi connectivity index (χ0) is 14.7. The average Bonchev–Trinajstić information content (AvgIpc) is 2.91. The van der Waals surface area contributed by atoms with Gasteiger partial charge in [-0.25, -0.2) is 4.98 Å². The molecule has 3 rings (SSSR count). The molecule has 0 spiro atoms. The number of aromatic nitrogens is 2. The van der Waals surface area contributed by atoms with Crippen LogP contribution in [0.15, 0.2) is 48.8 Å². The summed E-state index contributed by atoms with van der Waals surface area (Å²) in [5, 5.41) is 0.905. The normalized spacial score (nSPS) is 10.7. The Morgan fingerprint density at radius 2 is 2.05 bits per heavy atom. The van der Waals surface area contributed by atoms with E-state index in [-0.39, 0.29) is 0 Å². The molecule has 4 nitrogen and oxygen atoms in total. The molecule has 0 saturated heterocycles. The molecule has 1 aromatic carbocycles. The molecule has 0 amide bonds. The van der Waals surface area contributed by atoms with Crippen LogP contribution in [-0.4, -0.2) is 22.9 Å². The number of nitrogens with zero attached hydrogens (tertiary/aromatic N) is 2. The minimum atomic E-state index is 0.688. The molecule has 0 fully saturated rings.